The lowest BCUT2D eigenvalue weighted by atomic mass is 9.63. The number of likely N-dealkylation sites (tertiary alicyclic amines) is 1. The second-order valence-electron chi connectivity index (χ2n) is 15.5. The van der Waals surface area contributed by atoms with Gasteiger partial charge in [-0.25, -0.2) is 22.3 Å². The van der Waals surface area contributed by atoms with Crippen molar-refractivity contribution in [2.75, 3.05) is 32.8 Å². The Labute approximate surface area is 310 Å². The van der Waals surface area contributed by atoms with Crippen LogP contribution in [-0.2, 0) is 30.9 Å². The van der Waals surface area contributed by atoms with Crippen LogP contribution < -0.4 is 4.74 Å². The van der Waals surface area contributed by atoms with Crippen LogP contribution in [0.2, 0.25) is 0 Å². The van der Waals surface area contributed by atoms with Crippen molar-refractivity contribution in [1.82, 2.24) is 9.21 Å². The Bertz CT molecular complexity index is 1660. The number of amides is 1. The summed E-state index contributed by atoms with van der Waals surface area (Å²) < 4.78 is 48.3. The van der Waals surface area contributed by atoms with E-state index >= 15 is 0 Å². The molecule has 3 atom stereocenters. The lowest BCUT2D eigenvalue weighted by Gasteiger charge is -2.54. The fourth-order valence-corrected chi connectivity index (χ4v) is 10.3. The van der Waals surface area contributed by atoms with Gasteiger partial charge in [0, 0.05) is 37.7 Å². The van der Waals surface area contributed by atoms with Gasteiger partial charge in [-0.05, 0) is 86.5 Å². The molecular formula is C41H58N2O8S. The van der Waals surface area contributed by atoms with Crippen LogP contribution in [0, 0.1) is 18.3 Å². The van der Waals surface area contributed by atoms with E-state index in [2.05, 4.69) is 33.4 Å². The molecule has 10 nitrogen and oxygen atoms in total. The molecule has 0 aromatic heterocycles. The minimum atomic E-state index is -3.57. The number of carboxylic acid groups (broad SMARTS) is 1. The van der Waals surface area contributed by atoms with Crippen LogP contribution in [0.3, 0.4) is 0 Å². The zero-order valence-electron chi connectivity index (χ0n) is 31.6. The number of rotatable bonds is 13. The van der Waals surface area contributed by atoms with Crippen molar-refractivity contribution in [3.8, 4) is 5.75 Å². The zero-order chi connectivity index (χ0) is 37.6. The van der Waals surface area contributed by atoms with E-state index in [0.29, 0.717) is 57.6 Å². The Kier molecular flexibility index (Phi) is 13.1. The molecule has 3 aliphatic rings. The van der Waals surface area contributed by atoms with E-state index in [-0.39, 0.29) is 36.1 Å². The van der Waals surface area contributed by atoms with Gasteiger partial charge in [-0.3, -0.25) is 0 Å². The number of hydrogen-bond acceptors (Lipinski definition) is 7. The predicted octanol–water partition coefficient (Wildman–Crippen LogP) is 8.01. The van der Waals surface area contributed by atoms with Crippen LogP contribution in [0.25, 0.3) is 0 Å². The van der Waals surface area contributed by atoms with E-state index in [1.165, 1.54) is 0 Å². The maximum Gasteiger partial charge on any atom is 0.410 e. The van der Waals surface area contributed by atoms with Gasteiger partial charge in [0.2, 0.25) is 10.0 Å². The molecule has 0 bridgehead atoms. The van der Waals surface area contributed by atoms with Gasteiger partial charge in [0.25, 0.3) is 0 Å². The first-order valence-electron chi connectivity index (χ1n) is 19.0. The fraction of sp³-hybridized carbons (Fsp3) is 0.610. The number of carbonyl (C=O) groups excluding carboxylic acids is 1. The number of benzene rings is 2. The highest BCUT2D eigenvalue weighted by molar-refractivity contribution is 7.89. The predicted molar refractivity (Wildman–Crippen MR) is 202 cm³/mol. The minimum absolute atomic E-state index is 0.0530. The molecule has 1 amide bonds. The molecule has 2 aromatic carbocycles. The summed E-state index contributed by atoms with van der Waals surface area (Å²) in [6.07, 6.45) is 4.94. The molecule has 3 saturated heterocycles. The number of hydrogen-bond donors (Lipinski definition) is 1. The van der Waals surface area contributed by atoms with Gasteiger partial charge in [0.15, 0.2) is 6.61 Å². The van der Waals surface area contributed by atoms with Crippen LogP contribution >= 0.6 is 0 Å². The Balaban J connectivity index is 1.29. The number of aliphatic carboxylic acids is 1. The first-order valence-corrected chi connectivity index (χ1v) is 20.5. The molecule has 0 unspecified atom stereocenters. The van der Waals surface area contributed by atoms with Crippen LogP contribution in [-0.4, -0.2) is 78.9 Å². The standard InChI is InChI=1S/C41H58N2O8S/c1-7-8-14-36-41(25-34(29(4)5)39(51-36)38-30(6)23-32(28(2)3)24-35(38)49-27-37(44)45)17-21-43(22-18-41)52(47,48)33-15-19-42(20-16-33)40(46)50-26-31-12-10-9-11-13-31/h9-13,23-24,28,33-34,36,39H,4,7-8,14-22,25-27H2,1-3,5-6H3,(H,44,45)/t34-,36+,39+/m0/s1. The van der Waals surface area contributed by atoms with Gasteiger partial charge in [-0.15, -0.1) is 0 Å². The molecule has 1 N–H and O–H groups in total. The van der Waals surface area contributed by atoms with Crippen molar-refractivity contribution >= 4 is 22.1 Å². The zero-order valence-corrected chi connectivity index (χ0v) is 32.5. The van der Waals surface area contributed by atoms with E-state index in [0.717, 1.165) is 53.5 Å². The van der Waals surface area contributed by atoms with Gasteiger partial charge < -0.3 is 24.2 Å². The van der Waals surface area contributed by atoms with E-state index in [4.69, 9.17) is 14.2 Å². The van der Waals surface area contributed by atoms with Gasteiger partial charge in [-0.2, -0.15) is 0 Å². The summed E-state index contributed by atoms with van der Waals surface area (Å²) >= 11 is 0. The van der Waals surface area contributed by atoms with E-state index in [9.17, 15) is 23.1 Å². The highest BCUT2D eigenvalue weighted by Crippen LogP contribution is 2.56. The lowest BCUT2D eigenvalue weighted by Crippen LogP contribution is -2.55. The number of nitrogens with zero attached hydrogens (tertiary/aromatic N) is 2. The number of sulfonamides is 1. The van der Waals surface area contributed by atoms with Crippen LogP contribution in [0.5, 0.6) is 5.75 Å². The average Bonchev–Trinajstić information content (AvgIpc) is 3.13. The smallest absolute Gasteiger partial charge is 0.410 e. The summed E-state index contributed by atoms with van der Waals surface area (Å²) in [5, 5.41) is 8.95. The van der Waals surface area contributed by atoms with Gasteiger partial charge in [0.05, 0.1) is 17.5 Å². The maximum absolute atomic E-state index is 14.0. The highest BCUT2D eigenvalue weighted by Gasteiger charge is 2.52. The van der Waals surface area contributed by atoms with E-state index in [1.807, 2.05) is 50.2 Å². The molecule has 286 valence electrons. The third-order valence-electron chi connectivity index (χ3n) is 11.5. The Hall–Kier alpha value is -3.41. The third-order valence-corrected chi connectivity index (χ3v) is 13.9. The maximum atomic E-state index is 14.0. The van der Waals surface area contributed by atoms with Crippen LogP contribution in [0.1, 0.15) is 113 Å². The second-order valence-corrected chi connectivity index (χ2v) is 17.7. The summed E-state index contributed by atoms with van der Waals surface area (Å²) in [7, 11) is -3.57. The molecule has 0 aliphatic carbocycles. The fourth-order valence-electron chi connectivity index (χ4n) is 8.38. The topological polar surface area (TPSA) is 123 Å². The van der Waals surface area contributed by atoms with Crippen molar-refractivity contribution in [3.05, 3.63) is 76.9 Å². The van der Waals surface area contributed by atoms with Crippen molar-refractivity contribution in [2.45, 2.75) is 116 Å². The molecule has 1 spiro atoms. The Morgan fingerprint density at radius 3 is 2.35 bits per heavy atom. The van der Waals surface area contributed by atoms with E-state index in [1.54, 1.807) is 9.21 Å². The number of carboxylic acids is 1. The van der Waals surface area contributed by atoms with Crippen molar-refractivity contribution in [2.24, 2.45) is 11.3 Å². The first kappa shape index (κ1) is 39.8. The number of unbranched alkanes of at least 4 members (excludes halogenated alkanes) is 1. The normalized spacial score (nSPS) is 22.7. The molecule has 52 heavy (non-hydrogen) atoms. The molecule has 0 saturated carbocycles. The largest absolute Gasteiger partial charge is 0.482 e. The van der Waals surface area contributed by atoms with Crippen LogP contribution in [0.4, 0.5) is 4.79 Å². The molecule has 11 heteroatoms. The third kappa shape index (κ3) is 9.02. The number of piperidine rings is 2. The second kappa shape index (κ2) is 17.2. The molecule has 3 aliphatic heterocycles. The Morgan fingerprint density at radius 2 is 1.75 bits per heavy atom. The summed E-state index contributed by atoms with van der Waals surface area (Å²) in [5.41, 5.74) is 4.63. The summed E-state index contributed by atoms with van der Waals surface area (Å²) in [6, 6.07) is 13.6. The minimum Gasteiger partial charge on any atom is -0.482 e. The molecule has 5 rings (SSSR count). The summed E-state index contributed by atoms with van der Waals surface area (Å²) in [6.45, 7) is 16.1. The first-order chi connectivity index (χ1) is 24.8. The number of ether oxygens (including phenoxy) is 3. The number of aryl methyl sites for hydroxylation is 1. The van der Waals surface area contributed by atoms with Gasteiger partial charge in [-0.1, -0.05) is 82.2 Å². The van der Waals surface area contributed by atoms with Crippen molar-refractivity contribution in [3.63, 3.8) is 0 Å². The summed E-state index contributed by atoms with van der Waals surface area (Å²) in [5.74, 6) is -0.306. The molecule has 3 fully saturated rings. The van der Waals surface area contributed by atoms with Crippen LogP contribution in [0.15, 0.2) is 54.6 Å². The Morgan fingerprint density at radius 1 is 1.08 bits per heavy atom. The summed E-state index contributed by atoms with van der Waals surface area (Å²) in [4.78, 5) is 25.9. The van der Waals surface area contributed by atoms with Gasteiger partial charge >= 0.3 is 12.1 Å². The molecular weight excluding hydrogens is 681 g/mol. The molecule has 0 radical (unpaired) electrons. The van der Waals surface area contributed by atoms with Gasteiger partial charge in [0.1, 0.15) is 12.4 Å². The number of carbonyl (C=O) groups is 2. The molecule has 2 aromatic rings. The highest BCUT2D eigenvalue weighted by atomic mass is 32.2. The van der Waals surface area contributed by atoms with Crippen molar-refractivity contribution < 1.29 is 37.3 Å². The lowest BCUT2D eigenvalue weighted by molar-refractivity contribution is -0.170. The van der Waals surface area contributed by atoms with E-state index < -0.39 is 33.9 Å². The SMILES string of the molecule is C=C(C)[C@@H]1CC2(CCN(S(=O)(=O)C3CCN(C(=O)OCc4ccccc4)CC3)CC2)[C@@H](CCCC)O[C@H]1c1c(C)cc(C(C)C)cc1OCC(=O)O. The molecule has 3 heterocycles. The quantitative estimate of drug-likeness (QED) is 0.205. The average molecular weight is 739 g/mol. The van der Waals surface area contributed by atoms with Crippen molar-refractivity contribution in [1.29, 1.82) is 0 Å². The monoisotopic (exact) mass is 738 g/mol.